The summed E-state index contributed by atoms with van der Waals surface area (Å²) in [5.41, 5.74) is 1.95. The molecule has 0 bridgehead atoms. The Morgan fingerprint density at radius 2 is 1.79 bits per heavy atom. The lowest BCUT2D eigenvalue weighted by atomic mass is 9.93. The molecule has 3 aliphatic heterocycles. The van der Waals surface area contributed by atoms with Crippen LogP contribution in [0.25, 0.3) is 0 Å². The molecule has 1 aromatic carbocycles. The van der Waals surface area contributed by atoms with E-state index >= 15 is 0 Å². The van der Waals surface area contributed by atoms with Crippen LogP contribution in [0.2, 0.25) is 5.02 Å². The summed E-state index contributed by atoms with van der Waals surface area (Å²) in [6.07, 6.45) is 1.33. The second-order valence-corrected chi connectivity index (χ2v) is 11.8. The number of thioether (sulfide) groups is 1. The second-order valence-electron chi connectivity index (χ2n) is 10.5. The maximum absolute atomic E-state index is 13.4. The molecule has 38 heavy (non-hydrogen) atoms. The Bertz CT molecular complexity index is 1190. The number of fused-ring (bicyclic) bond motifs is 1. The van der Waals surface area contributed by atoms with E-state index in [1.165, 1.54) is 11.8 Å². The molecule has 4 rings (SSSR count). The molecular weight excluding hydrogens is 526 g/mol. The van der Waals surface area contributed by atoms with E-state index in [1.807, 2.05) is 50.1 Å². The number of halogens is 1. The van der Waals surface area contributed by atoms with Gasteiger partial charge in [-0.2, -0.15) is 0 Å². The van der Waals surface area contributed by atoms with Crippen LogP contribution in [0.15, 0.2) is 51.6 Å². The normalized spacial score (nSPS) is 20.1. The Morgan fingerprint density at radius 3 is 2.39 bits per heavy atom. The van der Waals surface area contributed by atoms with Gasteiger partial charge in [0, 0.05) is 23.8 Å². The van der Waals surface area contributed by atoms with Crippen molar-refractivity contribution >= 4 is 46.4 Å². The van der Waals surface area contributed by atoms with Gasteiger partial charge < -0.3 is 19.3 Å². The number of carbonyl (C=O) groups is 3. The first kappa shape index (κ1) is 28.2. The molecule has 1 saturated heterocycles. The molecule has 1 unspecified atom stereocenters. The number of hydrogen-bond donors (Lipinski definition) is 0. The van der Waals surface area contributed by atoms with Gasteiger partial charge in [-0.15, -0.1) is 0 Å². The van der Waals surface area contributed by atoms with Gasteiger partial charge in [0.15, 0.2) is 5.17 Å². The highest BCUT2D eigenvalue weighted by Crippen LogP contribution is 2.45. The van der Waals surface area contributed by atoms with Gasteiger partial charge in [0.2, 0.25) is 5.91 Å². The average Bonchev–Trinajstić information content (AvgIpc) is 3.24. The minimum absolute atomic E-state index is 0.0274. The molecule has 0 N–H and O–H groups in total. The standard InChI is InChI=1S/C28H34ClN3O5S/c1-6-36-25(34)19-11-13-31(14-12-19)22(33)15-21-16-38-27-30-17(2)23(26(35)37-28(3,4)5)24(32(21)27)18-7-9-20(29)10-8-18/h7-10,16,19,24H,6,11-15H2,1-5H3. The van der Waals surface area contributed by atoms with Gasteiger partial charge in [0.05, 0.1) is 36.3 Å². The topological polar surface area (TPSA) is 88.5 Å². The van der Waals surface area contributed by atoms with Gasteiger partial charge in [-0.3, -0.25) is 9.59 Å². The summed E-state index contributed by atoms with van der Waals surface area (Å²) < 4.78 is 10.9. The van der Waals surface area contributed by atoms with Gasteiger partial charge in [0.1, 0.15) is 5.60 Å². The maximum atomic E-state index is 13.4. The maximum Gasteiger partial charge on any atom is 0.338 e. The van der Waals surface area contributed by atoms with Crippen LogP contribution in [0.4, 0.5) is 0 Å². The molecule has 0 radical (unpaired) electrons. The first-order chi connectivity index (χ1) is 18.0. The highest BCUT2D eigenvalue weighted by molar-refractivity contribution is 8.16. The number of benzene rings is 1. The number of aliphatic imine (C=N–C) groups is 1. The number of hydrogen-bond acceptors (Lipinski definition) is 8. The van der Waals surface area contributed by atoms with E-state index in [2.05, 4.69) is 0 Å². The summed E-state index contributed by atoms with van der Waals surface area (Å²) >= 11 is 7.61. The predicted octanol–water partition coefficient (Wildman–Crippen LogP) is 5.45. The lowest BCUT2D eigenvalue weighted by Crippen LogP contribution is -2.42. The van der Waals surface area contributed by atoms with E-state index in [9.17, 15) is 14.4 Å². The average molecular weight is 560 g/mol. The summed E-state index contributed by atoms with van der Waals surface area (Å²) in [5, 5.41) is 3.22. The number of rotatable bonds is 6. The lowest BCUT2D eigenvalue weighted by molar-refractivity contribution is -0.151. The molecule has 1 fully saturated rings. The zero-order valence-corrected chi connectivity index (χ0v) is 24.0. The molecule has 1 aromatic rings. The van der Waals surface area contributed by atoms with Crippen molar-refractivity contribution in [3.8, 4) is 0 Å². The number of piperidine rings is 1. The van der Waals surface area contributed by atoms with E-state index in [-0.39, 0.29) is 24.2 Å². The third-order valence-electron chi connectivity index (χ3n) is 6.61. The third-order valence-corrected chi connectivity index (χ3v) is 7.75. The third kappa shape index (κ3) is 6.26. The summed E-state index contributed by atoms with van der Waals surface area (Å²) in [5.74, 6) is -0.826. The van der Waals surface area contributed by atoms with Crippen LogP contribution in [0.5, 0.6) is 0 Å². The molecule has 8 nitrogen and oxygen atoms in total. The molecule has 0 saturated carbocycles. The van der Waals surface area contributed by atoms with E-state index in [1.54, 1.807) is 24.0 Å². The van der Waals surface area contributed by atoms with E-state index in [4.69, 9.17) is 26.1 Å². The van der Waals surface area contributed by atoms with E-state index < -0.39 is 17.6 Å². The van der Waals surface area contributed by atoms with Crippen molar-refractivity contribution in [3.05, 3.63) is 57.2 Å². The molecule has 1 amide bonds. The van der Waals surface area contributed by atoms with Gasteiger partial charge in [0.25, 0.3) is 0 Å². The lowest BCUT2D eigenvalue weighted by Gasteiger charge is -2.38. The fraction of sp³-hybridized carbons (Fsp3) is 0.500. The summed E-state index contributed by atoms with van der Waals surface area (Å²) in [6, 6.07) is 6.83. The van der Waals surface area contributed by atoms with Gasteiger partial charge in [-0.25, -0.2) is 9.79 Å². The van der Waals surface area contributed by atoms with Crippen molar-refractivity contribution in [2.75, 3.05) is 19.7 Å². The van der Waals surface area contributed by atoms with Crippen LogP contribution in [-0.2, 0) is 23.9 Å². The largest absolute Gasteiger partial charge is 0.466 e. The molecule has 3 heterocycles. The highest BCUT2D eigenvalue weighted by Gasteiger charge is 2.42. The number of amidine groups is 1. The van der Waals surface area contributed by atoms with Crippen LogP contribution in [-0.4, -0.2) is 58.1 Å². The SMILES string of the molecule is CCOC(=O)C1CCN(C(=O)CC2=CSC3=NC(C)=C(C(=O)OC(C)(C)C)C(c4ccc(Cl)cc4)N23)CC1. The number of amides is 1. The molecule has 204 valence electrons. The minimum atomic E-state index is -0.678. The van der Waals surface area contributed by atoms with Crippen molar-refractivity contribution < 1.29 is 23.9 Å². The van der Waals surface area contributed by atoms with Crippen molar-refractivity contribution in [1.82, 2.24) is 9.80 Å². The second kappa shape index (κ2) is 11.5. The molecule has 1 atom stereocenters. The van der Waals surface area contributed by atoms with Crippen LogP contribution in [0, 0.1) is 5.92 Å². The number of carbonyl (C=O) groups excluding carboxylic acids is 3. The number of esters is 2. The molecule has 0 aromatic heterocycles. The number of ether oxygens (including phenoxy) is 2. The Morgan fingerprint density at radius 1 is 1.13 bits per heavy atom. The molecule has 0 spiro atoms. The number of allylic oxidation sites excluding steroid dienone is 1. The smallest absolute Gasteiger partial charge is 0.338 e. The van der Waals surface area contributed by atoms with Crippen LogP contribution in [0.1, 0.15) is 65.5 Å². The summed E-state index contributed by atoms with van der Waals surface area (Å²) in [6.45, 7) is 10.5. The number of likely N-dealkylation sites (tertiary alicyclic amines) is 1. The number of nitrogens with zero attached hydrogens (tertiary/aromatic N) is 3. The Hall–Kier alpha value is -2.78. The molecule has 3 aliphatic rings. The predicted molar refractivity (Wildman–Crippen MR) is 148 cm³/mol. The Balaban J connectivity index is 1.57. The fourth-order valence-electron chi connectivity index (χ4n) is 4.82. The molecular formula is C28H34ClN3O5S. The molecule has 0 aliphatic carbocycles. The summed E-state index contributed by atoms with van der Waals surface area (Å²) in [7, 11) is 0. The van der Waals surface area contributed by atoms with Gasteiger partial charge in [-0.05, 0) is 70.6 Å². The molecule has 10 heteroatoms. The first-order valence-corrected chi connectivity index (χ1v) is 14.1. The zero-order valence-electron chi connectivity index (χ0n) is 22.5. The van der Waals surface area contributed by atoms with Crippen LogP contribution >= 0.6 is 23.4 Å². The minimum Gasteiger partial charge on any atom is -0.466 e. The van der Waals surface area contributed by atoms with E-state index in [0.29, 0.717) is 54.0 Å². The summed E-state index contributed by atoms with van der Waals surface area (Å²) in [4.78, 5) is 47.4. The zero-order chi connectivity index (χ0) is 27.6. The fourth-order valence-corrected chi connectivity index (χ4v) is 5.91. The van der Waals surface area contributed by atoms with Crippen LogP contribution < -0.4 is 0 Å². The van der Waals surface area contributed by atoms with Crippen molar-refractivity contribution in [2.24, 2.45) is 10.9 Å². The quantitative estimate of drug-likeness (QED) is 0.428. The van der Waals surface area contributed by atoms with Crippen molar-refractivity contribution in [3.63, 3.8) is 0 Å². The highest BCUT2D eigenvalue weighted by atomic mass is 35.5. The monoisotopic (exact) mass is 559 g/mol. The first-order valence-electron chi connectivity index (χ1n) is 12.9. The van der Waals surface area contributed by atoms with Crippen molar-refractivity contribution in [1.29, 1.82) is 0 Å². The Labute approximate surface area is 233 Å². The van der Waals surface area contributed by atoms with Gasteiger partial charge in [-0.1, -0.05) is 35.5 Å². The van der Waals surface area contributed by atoms with Crippen molar-refractivity contribution in [2.45, 2.75) is 65.5 Å². The van der Waals surface area contributed by atoms with E-state index in [0.717, 1.165) is 11.3 Å². The van der Waals surface area contributed by atoms with Gasteiger partial charge >= 0.3 is 11.9 Å². The Kier molecular flexibility index (Phi) is 8.57. The van der Waals surface area contributed by atoms with Crippen LogP contribution in [0.3, 0.4) is 0 Å².